The molecule has 6 heteroatoms. The van der Waals surface area contributed by atoms with Gasteiger partial charge in [-0.1, -0.05) is 18.2 Å². The molecule has 80 valence electrons. The van der Waals surface area contributed by atoms with E-state index in [1.807, 2.05) is 0 Å². The number of hydrogen-bond acceptors (Lipinski definition) is 4. The van der Waals surface area contributed by atoms with E-state index in [9.17, 15) is 4.21 Å². The van der Waals surface area contributed by atoms with E-state index in [-0.39, 0.29) is 13.2 Å². The van der Waals surface area contributed by atoms with Gasteiger partial charge in [-0.15, -0.1) is 0 Å². The molecule has 0 fully saturated rings. The molecular formula is C8H12O4S2. The summed E-state index contributed by atoms with van der Waals surface area (Å²) in [5.41, 5.74) is 0. The standard InChI is InChI=1S/C6H6O2S2.C2H6O2/c7-10(8,9)6-4-2-1-3-5-6;3-1-2-4/h1-5H,(H,7,8,9);3-4H,1-2H2. The summed E-state index contributed by atoms with van der Waals surface area (Å²) in [6, 6.07) is 8.20. The molecule has 0 aromatic heterocycles. The Kier molecular flexibility index (Phi) is 6.60. The van der Waals surface area contributed by atoms with E-state index in [1.54, 1.807) is 18.2 Å². The molecule has 4 nitrogen and oxygen atoms in total. The first kappa shape index (κ1) is 13.5. The highest BCUT2D eigenvalue weighted by Crippen LogP contribution is 2.05. The molecule has 0 aliphatic rings. The highest BCUT2D eigenvalue weighted by Gasteiger charge is 2.01. The van der Waals surface area contributed by atoms with Gasteiger partial charge in [0.25, 0.3) is 0 Å². The zero-order valence-electron chi connectivity index (χ0n) is 7.37. The van der Waals surface area contributed by atoms with Gasteiger partial charge in [-0.3, -0.25) is 0 Å². The third-order valence-electron chi connectivity index (χ3n) is 1.14. The van der Waals surface area contributed by atoms with E-state index in [2.05, 4.69) is 11.2 Å². The number of hydrogen-bond donors (Lipinski definition) is 3. The van der Waals surface area contributed by atoms with Gasteiger partial charge in [-0.25, -0.2) is 4.21 Å². The van der Waals surface area contributed by atoms with Crippen LogP contribution in [-0.2, 0) is 20.0 Å². The maximum atomic E-state index is 10.8. The summed E-state index contributed by atoms with van der Waals surface area (Å²) in [5, 5.41) is 15.2. The lowest BCUT2D eigenvalue weighted by atomic mass is 10.4. The summed E-state index contributed by atoms with van der Waals surface area (Å²) in [6.45, 7) is -0.250. The number of benzene rings is 1. The SMILES string of the molecule is O=S(O)(=S)c1ccccc1.OCCO. The quantitative estimate of drug-likeness (QED) is 0.685. The average Bonchev–Trinajstić information content (AvgIpc) is 2.18. The Balaban J connectivity index is 0.000000364. The summed E-state index contributed by atoms with van der Waals surface area (Å²) in [6.07, 6.45) is 0. The highest BCUT2D eigenvalue weighted by molar-refractivity contribution is 8.29. The number of aliphatic hydroxyl groups is 2. The molecule has 0 saturated carbocycles. The van der Waals surface area contributed by atoms with Crippen LogP contribution in [0.1, 0.15) is 0 Å². The lowest BCUT2D eigenvalue weighted by molar-refractivity contribution is 0.186. The first-order valence-electron chi connectivity index (χ1n) is 3.76. The van der Waals surface area contributed by atoms with Crippen LogP contribution in [0.2, 0.25) is 0 Å². The van der Waals surface area contributed by atoms with Gasteiger partial charge in [0.15, 0.2) is 8.77 Å². The second-order valence-corrected chi connectivity index (χ2v) is 5.01. The molecule has 1 rings (SSSR count). The molecule has 0 aliphatic carbocycles. The summed E-state index contributed by atoms with van der Waals surface area (Å²) in [7, 11) is -3.17. The molecule has 1 atom stereocenters. The van der Waals surface area contributed by atoms with E-state index >= 15 is 0 Å². The molecule has 3 N–H and O–H groups in total. The van der Waals surface area contributed by atoms with Crippen LogP contribution in [-0.4, -0.2) is 32.2 Å². The van der Waals surface area contributed by atoms with Gasteiger partial charge in [-0.2, -0.15) is 0 Å². The molecule has 0 amide bonds. The van der Waals surface area contributed by atoms with Crippen molar-refractivity contribution in [2.75, 3.05) is 13.2 Å². The molecule has 1 aromatic carbocycles. The first-order valence-corrected chi connectivity index (χ1v) is 6.20. The van der Waals surface area contributed by atoms with Crippen molar-refractivity contribution < 1.29 is 19.0 Å². The zero-order valence-corrected chi connectivity index (χ0v) is 9.00. The minimum atomic E-state index is -3.17. The fourth-order valence-corrected chi connectivity index (χ4v) is 1.43. The average molecular weight is 236 g/mol. The third kappa shape index (κ3) is 6.01. The van der Waals surface area contributed by atoms with Crippen molar-refractivity contribution in [3.05, 3.63) is 30.3 Å². The molecular weight excluding hydrogens is 224 g/mol. The lowest BCUT2D eigenvalue weighted by Crippen LogP contribution is -1.94. The van der Waals surface area contributed by atoms with E-state index in [1.165, 1.54) is 12.1 Å². The van der Waals surface area contributed by atoms with Gasteiger partial charge in [0.2, 0.25) is 0 Å². The minimum absolute atomic E-state index is 0.125. The van der Waals surface area contributed by atoms with Gasteiger partial charge in [0, 0.05) is 11.2 Å². The molecule has 0 heterocycles. The summed E-state index contributed by atoms with van der Waals surface area (Å²) < 4.78 is 19.6. The Morgan fingerprint density at radius 1 is 1.14 bits per heavy atom. The van der Waals surface area contributed by atoms with Crippen molar-refractivity contribution in [2.24, 2.45) is 0 Å². The van der Waals surface area contributed by atoms with Crippen LogP contribution in [0.15, 0.2) is 35.2 Å². The monoisotopic (exact) mass is 236 g/mol. The highest BCUT2D eigenvalue weighted by atomic mass is 32.8. The Morgan fingerprint density at radius 3 is 1.79 bits per heavy atom. The van der Waals surface area contributed by atoms with Crippen LogP contribution in [0.25, 0.3) is 0 Å². The van der Waals surface area contributed by atoms with Gasteiger partial charge in [0.05, 0.1) is 18.1 Å². The Hall–Kier alpha value is -0.530. The van der Waals surface area contributed by atoms with E-state index < -0.39 is 8.77 Å². The second-order valence-electron chi connectivity index (χ2n) is 2.24. The van der Waals surface area contributed by atoms with Crippen molar-refractivity contribution in [1.82, 2.24) is 0 Å². The smallest absolute Gasteiger partial charge is 0.171 e. The molecule has 1 aromatic rings. The fraction of sp³-hybridized carbons (Fsp3) is 0.250. The lowest BCUT2D eigenvalue weighted by Gasteiger charge is -1.95. The summed E-state index contributed by atoms with van der Waals surface area (Å²) >= 11 is 4.33. The van der Waals surface area contributed by atoms with Crippen LogP contribution in [0.4, 0.5) is 0 Å². The van der Waals surface area contributed by atoms with Crippen LogP contribution in [0.5, 0.6) is 0 Å². The van der Waals surface area contributed by atoms with E-state index in [4.69, 9.17) is 14.8 Å². The number of rotatable bonds is 2. The van der Waals surface area contributed by atoms with Crippen molar-refractivity contribution in [3.63, 3.8) is 0 Å². The van der Waals surface area contributed by atoms with Gasteiger partial charge < -0.3 is 14.8 Å². The Labute approximate surface area is 87.7 Å². The van der Waals surface area contributed by atoms with E-state index in [0.717, 1.165) is 0 Å². The molecule has 1 unspecified atom stereocenters. The molecule has 14 heavy (non-hydrogen) atoms. The Morgan fingerprint density at radius 2 is 1.57 bits per heavy atom. The summed E-state index contributed by atoms with van der Waals surface area (Å²) in [4.78, 5) is 0.296. The normalized spacial score (nSPS) is 13.6. The predicted octanol–water partition coefficient (Wildman–Crippen LogP) is 0.236. The fourth-order valence-electron chi connectivity index (χ4n) is 0.592. The zero-order chi connectivity index (χ0) is 11.0. The van der Waals surface area contributed by atoms with Crippen molar-refractivity contribution in [1.29, 1.82) is 0 Å². The molecule has 0 spiro atoms. The molecule has 0 bridgehead atoms. The summed E-state index contributed by atoms with van der Waals surface area (Å²) in [5.74, 6) is 0. The maximum Gasteiger partial charge on any atom is 0.171 e. The predicted molar refractivity (Wildman–Crippen MR) is 57.0 cm³/mol. The van der Waals surface area contributed by atoms with Crippen LogP contribution >= 0.6 is 0 Å². The van der Waals surface area contributed by atoms with Crippen molar-refractivity contribution >= 4 is 20.0 Å². The molecule has 0 radical (unpaired) electrons. The van der Waals surface area contributed by atoms with Gasteiger partial charge in [-0.05, 0) is 12.1 Å². The van der Waals surface area contributed by atoms with Gasteiger partial charge >= 0.3 is 0 Å². The Bertz CT molecular complexity index is 332. The van der Waals surface area contributed by atoms with Gasteiger partial charge in [0.1, 0.15) is 0 Å². The molecule has 0 saturated heterocycles. The molecule has 0 aliphatic heterocycles. The van der Waals surface area contributed by atoms with Crippen molar-refractivity contribution in [2.45, 2.75) is 4.90 Å². The largest absolute Gasteiger partial charge is 0.394 e. The second kappa shape index (κ2) is 6.86. The topological polar surface area (TPSA) is 77.8 Å². The van der Waals surface area contributed by atoms with Crippen LogP contribution < -0.4 is 0 Å². The van der Waals surface area contributed by atoms with E-state index in [0.29, 0.717) is 4.90 Å². The third-order valence-corrected chi connectivity index (χ3v) is 2.59. The van der Waals surface area contributed by atoms with Crippen LogP contribution in [0, 0.1) is 0 Å². The minimum Gasteiger partial charge on any atom is -0.394 e. The maximum absolute atomic E-state index is 10.8. The first-order chi connectivity index (χ1) is 6.52. The van der Waals surface area contributed by atoms with Crippen LogP contribution in [0.3, 0.4) is 0 Å². The van der Waals surface area contributed by atoms with Crippen molar-refractivity contribution in [3.8, 4) is 0 Å². The number of aliphatic hydroxyl groups excluding tert-OH is 2.